The summed E-state index contributed by atoms with van der Waals surface area (Å²) in [6.45, 7) is 5.10. The van der Waals surface area contributed by atoms with Crippen molar-refractivity contribution in [1.82, 2.24) is 15.1 Å². The van der Waals surface area contributed by atoms with E-state index in [4.69, 9.17) is 9.47 Å². The second-order valence-corrected chi connectivity index (χ2v) is 7.83. The van der Waals surface area contributed by atoms with E-state index < -0.39 is 0 Å². The van der Waals surface area contributed by atoms with Gasteiger partial charge in [-0.25, -0.2) is 0 Å². The predicted molar refractivity (Wildman–Crippen MR) is 117 cm³/mol. The van der Waals surface area contributed by atoms with Crippen LogP contribution in [0.15, 0.2) is 48.5 Å². The van der Waals surface area contributed by atoms with Crippen LogP contribution in [-0.4, -0.2) is 52.5 Å². The second kappa shape index (κ2) is 8.81. The summed E-state index contributed by atoms with van der Waals surface area (Å²) in [4.78, 5) is 15.2. The maximum absolute atomic E-state index is 13.3. The number of nitrogens with one attached hydrogen (secondary N) is 1. The lowest BCUT2D eigenvalue weighted by Crippen LogP contribution is -2.31. The lowest BCUT2D eigenvalue weighted by atomic mass is 9.95. The number of phenols is 1. The van der Waals surface area contributed by atoms with Crippen LogP contribution in [0.5, 0.6) is 11.5 Å². The lowest BCUT2D eigenvalue weighted by molar-refractivity contribution is 0.0601. The van der Waals surface area contributed by atoms with Gasteiger partial charge in [-0.3, -0.25) is 9.89 Å². The number of nitrogens with zero attached hydrogens (tertiary/aromatic N) is 2. The fourth-order valence-corrected chi connectivity index (χ4v) is 4.02. The van der Waals surface area contributed by atoms with Crippen molar-refractivity contribution in [1.29, 1.82) is 0 Å². The Morgan fingerprint density at radius 1 is 1.19 bits per heavy atom. The highest BCUT2D eigenvalue weighted by atomic mass is 16.5. The molecule has 3 aromatic rings. The molecule has 0 aliphatic carbocycles. The fraction of sp³-hybridized carbons (Fsp3) is 0.333. The van der Waals surface area contributed by atoms with Gasteiger partial charge in [-0.2, -0.15) is 5.10 Å². The Kier molecular flexibility index (Phi) is 5.95. The van der Waals surface area contributed by atoms with E-state index >= 15 is 0 Å². The normalized spacial score (nSPS) is 15.5. The summed E-state index contributed by atoms with van der Waals surface area (Å²) in [6, 6.07) is 14.4. The molecule has 0 unspecified atom stereocenters. The van der Waals surface area contributed by atoms with Gasteiger partial charge in [0.05, 0.1) is 19.3 Å². The molecule has 0 saturated carbocycles. The minimum Gasteiger partial charge on any atom is -0.507 e. The summed E-state index contributed by atoms with van der Waals surface area (Å²) in [6.07, 6.45) is 0.863. The van der Waals surface area contributed by atoms with Crippen LogP contribution in [0.1, 0.15) is 47.9 Å². The number of para-hydroxylation sites is 1. The van der Waals surface area contributed by atoms with Crippen LogP contribution in [0.3, 0.4) is 0 Å². The number of aromatic nitrogens is 2. The minimum atomic E-state index is -0.343. The Labute approximate surface area is 181 Å². The van der Waals surface area contributed by atoms with E-state index in [1.807, 2.05) is 49.1 Å². The molecule has 0 fully saturated rings. The highest BCUT2D eigenvalue weighted by Gasteiger charge is 2.42. The number of H-pyrrole nitrogens is 1. The fourth-order valence-electron chi connectivity index (χ4n) is 4.02. The number of phenolic OH excluding ortho intramolecular Hbond substituents is 1. The second-order valence-electron chi connectivity index (χ2n) is 7.83. The number of hydrogen-bond acceptors (Lipinski definition) is 5. The van der Waals surface area contributed by atoms with Crippen LogP contribution in [0.4, 0.5) is 0 Å². The minimum absolute atomic E-state index is 0.110. The van der Waals surface area contributed by atoms with Crippen molar-refractivity contribution in [2.75, 3.05) is 20.3 Å². The first kappa shape index (κ1) is 20.9. The zero-order chi connectivity index (χ0) is 22.0. The zero-order valence-corrected chi connectivity index (χ0v) is 18.0. The van der Waals surface area contributed by atoms with Gasteiger partial charge in [-0.05, 0) is 50.1 Å². The molecule has 1 aliphatic heterocycles. The maximum Gasteiger partial charge on any atom is 0.273 e. The first-order valence-electron chi connectivity index (χ1n) is 10.4. The van der Waals surface area contributed by atoms with Crippen molar-refractivity contribution in [3.05, 3.63) is 65.4 Å². The molecule has 31 heavy (non-hydrogen) atoms. The molecule has 2 N–H and O–H groups in total. The number of methoxy groups -OCH3 is 1. The van der Waals surface area contributed by atoms with Crippen LogP contribution in [0.2, 0.25) is 0 Å². The number of carbonyl (C=O) groups is 1. The van der Waals surface area contributed by atoms with Crippen molar-refractivity contribution in [3.63, 3.8) is 0 Å². The Hall–Kier alpha value is -3.32. The SMILES string of the molecule is COc1cccc([C@H]2c3c(-c4ccccc4O)n[nH]c3C(=O)N2CCCOC(C)C)c1. The molecular formula is C24H27N3O4. The molecule has 4 rings (SSSR count). The van der Waals surface area contributed by atoms with Gasteiger partial charge in [0.15, 0.2) is 0 Å². The summed E-state index contributed by atoms with van der Waals surface area (Å²) < 4.78 is 11.1. The summed E-state index contributed by atoms with van der Waals surface area (Å²) in [5, 5.41) is 17.7. The molecule has 2 heterocycles. The van der Waals surface area contributed by atoms with E-state index in [-0.39, 0.29) is 23.8 Å². The van der Waals surface area contributed by atoms with Crippen LogP contribution in [0.25, 0.3) is 11.3 Å². The number of carbonyl (C=O) groups excluding carboxylic acids is 1. The predicted octanol–water partition coefficient (Wildman–Crippen LogP) is 4.15. The molecule has 7 heteroatoms. The molecule has 2 aromatic carbocycles. The van der Waals surface area contributed by atoms with Gasteiger partial charge in [0, 0.05) is 24.3 Å². The molecule has 0 spiro atoms. The highest BCUT2D eigenvalue weighted by Crippen LogP contribution is 2.44. The number of amides is 1. The molecule has 162 valence electrons. The third-order valence-corrected chi connectivity index (χ3v) is 5.43. The van der Waals surface area contributed by atoms with Crippen LogP contribution in [0, 0.1) is 0 Å². The molecule has 0 bridgehead atoms. The van der Waals surface area contributed by atoms with Crippen LogP contribution in [-0.2, 0) is 4.74 Å². The van der Waals surface area contributed by atoms with Crippen molar-refractivity contribution in [3.8, 4) is 22.8 Å². The van der Waals surface area contributed by atoms with Gasteiger partial charge in [0.2, 0.25) is 0 Å². The van der Waals surface area contributed by atoms with Crippen molar-refractivity contribution < 1.29 is 19.4 Å². The number of ether oxygens (including phenoxy) is 2. The van der Waals surface area contributed by atoms with E-state index in [1.165, 1.54) is 0 Å². The van der Waals surface area contributed by atoms with Gasteiger partial charge in [-0.15, -0.1) is 0 Å². The number of aromatic hydroxyl groups is 1. The van der Waals surface area contributed by atoms with Crippen molar-refractivity contribution in [2.24, 2.45) is 0 Å². The lowest BCUT2D eigenvalue weighted by Gasteiger charge is -2.27. The van der Waals surface area contributed by atoms with Gasteiger partial charge in [-0.1, -0.05) is 24.3 Å². The van der Waals surface area contributed by atoms with Gasteiger partial charge >= 0.3 is 0 Å². The first-order chi connectivity index (χ1) is 15.0. The van der Waals surface area contributed by atoms with E-state index in [2.05, 4.69) is 10.2 Å². The smallest absolute Gasteiger partial charge is 0.273 e. The quantitative estimate of drug-likeness (QED) is 0.534. The number of fused-ring (bicyclic) bond motifs is 1. The molecule has 1 atom stereocenters. The molecule has 7 nitrogen and oxygen atoms in total. The largest absolute Gasteiger partial charge is 0.507 e. The third-order valence-electron chi connectivity index (χ3n) is 5.43. The molecular weight excluding hydrogens is 394 g/mol. The molecule has 0 saturated heterocycles. The zero-order valence-electron chi connectivity index (χ0n) is 18.0. The Morgan fingerprint density at radius 3 is 2.74 bits per heavy atom. The summed E-state index contributed by atoms with van der Waals surface area (Å²) in [5.41, 5.74) is 3.32. The first-order valence-corrected chi connectivity index (χ1v) is 10.4. The number of hydrogen-bond donors (Lipinski definition) is 2. The van der Waals surface area contributed by atoms with Crippen molar-refractivity contribution in [2.45, 2.75) is 32.4 Å². The molecule has 0 radical (unpaired) electrons. The maximum atomic E-state index is 13.3. The standard InChI is InChI=1S/C24H27N3O4/c1-15(2)31-13-7-12-27-23(16-8-6-9-17(14-16)30-3)20-21(25-26-22(20)24(27)29)18-10-4-5-11-19(18)28/h4-6,8-11,14-15,23,28H,7,12-13H2,1-3H3,(H,25,26)/t23-/m0/s1. The Bertz CT molecular complexity index is 1080. The topological polar surface area (TPSA) is 87.7 Å². The van der Waals surface area contributed by atoms with Gasteiger partial charge < -0.3 is 19.5 Å². The number of rotatable bonds is 8. The average molecular weight is 421 g/mol. The summed E-state index contributed by atoms with van der Waals surface area (Å²) in [5.74, 6) is 0.730. The van der Waals surface area contributed by atoms with E-state index in [0.29, 0.717) is 42.3 Å². The highest BCUT2D eigenvalue weighted by molar-refractivity contribution is 6.00. The van der Waals surface area contributed by atoms with Crippen LogP contribution < -0.4 is 4.74 Å². The Morgan fingerprint density at radius 2 is 2.00 bits per heavy atom. The molecule has 1 aliphatic rings. The van der Waals surface area contributed by atoms with Crippen molar-refractivity contribution >= 4 is 5.91 Å². The number of aromatic amines is 1. The van der Waals surface area contributed by atoms with Crippen LogP contribution >= 0.6 is 0 Å². The van der Waals surface area contributed by atoms with E-state index in [0.717, 1.165) is 11.1 Å². The molecule has 1 aromatic heterocycles. The van der Waals surface area contributed by atoms with Gasteiger partial charge in [0.1, 0.15) is 22.9 Å². The Balaban J connectivity index is 1.76. The number of benzene rings is 2. The summed E-state index contributed by atoms with van der Waals surface area (Å²) >= 11 is 0. The summed E-state index contributed by atoms with van der Waals surface area (Å²) in [7, 11) is 1.62. The van der Waals surface area contributed by atoms with Gasteiger partial charge in [0.25, 0.3) is 5.91 Å². The molecule has 1 amide bonds. The monoisotopic (exact) mass is 421 g/mol. The average Bonchev–Trinajstić information content (AvgIpc) is 3.30. The third kappa shape index (κ3) is 4.01. The van der Waals surface area contributed by atoms with E-state index in [9.17, 15) is 9.90 Å². The van der Waals surface area contributed by atoms with E-state index in [1.54, 1.807) is 25.3 Å².